The summed E-state index contributed by atoms with van der Waals surface area (Å²) >= 11 is 6.03. The van der Waals surface area contributed by atoms with Gasteiger partial charge in [0.2, 0.25) is 0 Å². The summed E-state index contributed by atoms with van der Waals surface area (Å²) in [5.41, 5.74) is 2.66. The number of halogens is 1. The Morgan fingerprint density at radius 2 is 1.81 bits per heavy atom. The van der Waals surface area contributed by atoms with Crippen LogP contribution in [0, 0.1) is 6.92 Å². The van der Waals surface area contributed by atoms with E-state index in [1.807, 2.05) is 54.3 Å². The molecule has 0 spiro atoms. The molecular weight excluding hydrogens is 428 g/mol. The Bertz CT molecular complexity index is 1080. The number of methoxy groups -OCH3 is 1. The van der Waals surface area contributed by atoms with Crippen LogP contribution in [-0.2, 0) is 4.79 Å². The van der Waals surface area contributed by atoms with Crippen molar-refractivity contribution in [2.75, 3.05) is 44.8 Å². The normalized spacial score (nSPS) is 13.7. The molecule has 0 atom stereocenters. The van der Waals surface area contributed by atoms with Crippen LogP contribution in [0.1, 0.15) is 5.56 Å². The zero-order valence-electron chi connectivity index (χ0n) is 18.1. The van der Waals surface area contributed by atoms with Gasteiger partial charge in [-0.05, 0) is 55.0 Å². The number of ether oxygens (including phenoxy) is 2. The zero-order chi connectivity index (χ0) is 22.5. The van der Waals surface area contributed by atoms with Gasteiger partial charge in [0.15, 0.2) is 12.4 Å². The molecular formula is C24H25ClN4O3. The monoisotopic (exact) mass is 452 g/mol. The average molecular weight is 453 g/mol. The van der Waals surface area contributed by atoms with E-state index in [9.17, 15) is 4.79 Å². The molecule has 0 bridgehead atoms. The van der Waals surface area contributed by atoms with E-state index in [0.29, 0.717) is 37.0 Å². The van der Waals surface area contributed by atoms with Crippen molar-refractivity contribution in [2.45, 2.75) is 6.92 Å². The second kappa shape index (κ2) is 9.87. The highest BCUT2D eigenvalue weighted by Crippen LogP contribution is 2.24. The fourth-order valence-corrected chi connectivity index (χ4v) is 3.68. The first-order chi connectivity index (χ1) is 15.5. The summed E-state index contributed by atoms with van der Waals surface area (Å²) in [5.74, 6) is 2.20. The van der Waals surface area contributed by atoms with Gasteiger partial charge in [-0.25, -0.2) is 0 Å². The second-order valence-electron chi connectivity index (χ2n) is 7.58. The third-order valence-electron chi connectivity index (χ3n) is 5.46. The lowest BCUT2D eigenvalue weighted by atomic mass is 10.1. The number of benzene rings is 2. The molecule has 0 aliphatic carbocycles. The van der Waals surface area contributed by atoms with Crippen LogP contribution in [0.25, 0.3) is 11.3 Å². The van der Waals surface area contributed by atoms with Crippen LogP contribution >= 0.6 is 11.6 Å². The lowest BCUT2D eigenvalue weighted by molar-refractivity contribution is -0.133. The lowest BCUT2D eigenvalue weighted by Crippen LogP contribution is -2.50. The molecule has 1 aliphatic heterocycles. The highest BCUT2D eigenvalue weighted by Gasteiger charge is 2.22. The van der Waals surface area contributed by atoms with Gasteiger partial charge in [-0.2, -0.15) is 0 Å². The minimum atomic E-state index is -0.0308. The quantitative estimate of drug-likeness (QED) is 0.566. The fraction of sp³-hybridized carbons (Fsp3) is 0.292. The Kier molecular flexibility index (Phi) is 6.75. The van der Waals surface area contributed by atoms with Crippen LogP contribution in [0.5, 0.6) is 11.5 Å². The van der Waals surface area contributed by atoms with Gasteiger partial charge in [0, 0.05) is 36.8 Å². The van der Waals surface area contributed by atoms with Crippen molar-refractivity contribution in [1.29, 1.82) is 0 Å². The molecule has 1 saturated heterocycles. The minimum absolute atomic E-state index is 0.0100. The van der Waals surface area contributed by atoms with E-state index in [-0.39, 0.29) is 12.5 Å². The molecule has 4 rings (SSSR count). The number of anilines is 1. The number of hydrogen-bond acceptors (Lipinski definition) is 6. The number of hydrogen-bond donors (Lipinski definition) is 0. The molecule has 32 heavy (non-hydrogen) atoms. The van der Waals surface area contributed by atoms with Crippen molar-refractivity contribution in [3.05, 3.63) is 65.2 Å². The molecule has 0 unspecified atom stereocenters. The van der Waals surface area contributed by atoms with Crippen molar-refractivity contribution >= 4 is 23.3 Å². The van der Waals surface area contributed by atoms with Gasteiger partial charge in [-0.3, -0.25) is 4.79 Å². The fourth-order valence-electron chi connectivity index (χ4n) is 3.56. The Hall–Kier alpha value is -3.32. The van der Waals surface area contributed by atoms with Gasteiger partial charge in [0.05, 0.1) is 12.8 Å². The maximum Gasteiger partial charge on any atom is 0.260 e. The third-order valence-corrected chi connectivity index (χ3v) is 5.89. The van der Waals surface area contributed by atoms with E-state index in [1.54, 1.807) is 19.2 Å². The van der Waals surface area contributed by atoms with E-state index < -0.39 is 0 Å². The van der Waals surface area contributed by atoms with Gasteiger partial charge in [0.1, 0.15) is 11.5 Å². The topological polar surface area (TPSA) is 67.8 Å². The van der Waals surface area contributed by atoms with Crippen LogP contribution in [0.15, 0.2) is 54.6 Å². The smallest absolute Gasteiger partial charge is 0.260 e. The summed E-state index contributed by atoms with van der Waals surface area (Å²) < 4.78 is 10.9. The van der Waals surface area contributed by atoms with Crippen LogP contribution in [0.3, 0.4) is 0 Å². The number of rotatable bonds is 6. The van der Waals surface area contributed by atoms with E-state index >= 15 is 0 Å². The Morgan fingerprint density at radius 3 is 2.50 bits per heavy atom. The van der Waals surface area contributed by atoms with Crippen molar-refractivity contribution in [3.63, 3.8) is 0 Å². The summed E-state index contributed by atoms with van der Waals surface area (Å²) in [5, 5.41) is 9.44. The van der Waals surface area contributed by atoms with E-state index in [2.05, 4.69) is 15.1 Å². The van der Waals surface area contributed by atoms with E-state index in [0.717, 1.165) is 28.4 Å². The molecule has 2 aromatic carbocycles. The molecule has 0 radical (unpaired) electrons. The van der Waals surface area contributed by atoms with Crippen LogP contribution in [0.4, 0.5) is 5.82 Å². The molecule has 1 aromatic heterocycles. The number of nitrogens with zero attached hydrogens (tertiary/aromatic N) is 4. The number of piperazine rings is 1. The third kappa shape index (κ3) is 5.11. The summed E-state index contributed by atoms with van der Waals surface area (Å²) in [4.78, 5) is 16.5. The number of carbonyl (C=O) groups is 1. The predicted molar refractivity (Wildman–Crippen MR) is 124 cm³/mol. The highest BCUT2D eigenvalue weighted by atomic mass is 35.5. The van der Waals surface area contributed by atoms with E-state index in [4.69, 9.17) is 21.1 Å². The first-order valence-corrected chi connectivity index (χ1v) is 10.8. The molecule has 0 N–H and O–H groups in total. The number of aryl methyl sites for hydroxylation is 1. The Morgan fingerprint density at radius 1 is 1.00 bits per heavy atom. The SMILES string of the molecule is COc1cccc(-c2ccc(N3CCN(C(=O)COc4ccc(Cl)c(C)c4)CC3)nn2)c1. The summed E-state index contributed by atoms with van der Waals surface area (Å²) in [6.07, 6.45) is 0. The first kappa shape index (κ1) is 21.9. The maximum absolute atomic E-state index is 12.5. The van der Waals surface area contributed by atoms with Crippen LogP contribution in [-0.4, -0.2) is 60.9 Å². The molecule has 0 saturated carbocycles. The molecule has 166 valence electrons. The van der Waals surface area contributed by atoms with Crippen molar-refractivity contribution < 1.29 is 14.3 Å². The first-order valence-electron chi connectivity index (χ1n) is 10.4. The Labute approximate surface area is 192 Å². The minimum Gasteiger partial charge on any atom is -0.497 e. The summed E-state index contributed by atoms with van der Waals surface area (Å²) in [6.45, 7) is 4.53. The van der Waals surface area contributed by atoms with Gasteiger partial charge in [-0.1, -0.05) is 23.7 Å². The maximum atomic E-state index is 12.5. The summed E-state index contributed by atoms with van der Waals surface area (Å²) in [6, 6.07) is 17.0. The number of amides is 1. The van der Waals surface area contributed by atoms with Gasteiger partial charge in [-0.15, -0.1) is 10.2 Å². The molecule has 3 aromatic rings. The summed E-state index contributed by atoms with van der Waals surface area (Å²) in [7, 11) is 1.64. The molecule has 2 heterocycles. The van der Waals surface area contributed by atoms with Gasteiger partial charge < -0.3 is 19.3 Å². The molecule has 8 heteroatoms. The highest BCUT2D eigenvalue weighted by molar-refractivity contribution is 6.31. The van der Waals surface area contributed by atoms with Crippen molar-refractivity contribution in [3.8, 4) is 22.8 Å². The van der Waals surface area contributed by atoms with Crippen LogP contribution < -0.4 is 14.4 Å². The average Bonchev–Trinajstić information content (AvgIpc) is 2.85. The standard InChI is InChI=1S/C24H25ClN4O3/c1-17-14-20(6-7-21(17)25)32-16-24(30)29-12-10-28(11-13-29)23-9-8-22(26-27-23)18-4-3-5-19(15-18)31-2/h3-9,14-15H,10-13,16H2,1-2H3. The lowest BCUT2D eigenvalue weighted by Gasteiger charge is -2.35. The Balaban J connectivity index is 1.30. The molecule has 1 amide bonds. The van der Waals surface area contributed by atoms with Crippen molar-refractivity contribution in [2.24, 2.45) is 0 Å². The zero-order valence-corrected chi connectivity index (χ0v) is 18.9. The molecule has 1 fully saturated rings. The van der Waals surface area contributed by atoms with Crippen LogP contribution in [0.2, 0.25) is 5.02 Å². The number of aromatic nitrogens is 2. The largest absolute Gasteiger partial charge is 0.497 e. The molecule has 7 nitrogen and oxygen atoms in total. The van der Waals surface area contributed by atoms with Gasteiger partial charge in [0.25, 0.3) is 5.91 Å². The number of carbonyl (C=O) groups excluding carboxylic acids is 1. The molecule has 1 aliphatic rings. The predicted octanol–water partition coefficient (Wildman–Crippen LogP) is 3.84. The van der Waals surface area contributed by atoms with Crippen molar-refractivity contribution in [1.82, 2.24) is 15.1 Å². The van der Waals surface area contributed by atoms with E-state index in [1.165, 1.54) is 0 Å². The van der Waals surface area contributed by atoms with Gasteiger partial charge >= 0.3 is 0 Å². The second-order valence-corrected chi connectivity index (χ2v) is 7.98.